The molecule has 2 heterocycles. The first-order valence-corrected chi connectivity index (χ1v) is 17.1. The molecule has 3 atom stereocenters. The van der Waals surface area contributed by atoms with Crippen LogP contribution in [0.3, 0.4) is 0 Å². The van der Waals surface area contributed by atoms with Gasteiger partial charge in [-0.2, -0.15) is 11.8 Å². The Morgan fingerprint density at radius 2 is 1.75 bits per heavy atom. The maximum Gasteiger partial charge on any atom is 0.338 e. The molecule has 0 unspecified atom stereocenters. The number of carbonyl (C=O) groups is 5. The molecule has 236 valence electrons. The molecule has 2 aliphatic rings. The topological polar surface area (TPSA) is 159 Å². The average molecular weight is 645 g/mol. The number of nitrogens with zero attached hydrogens (tertiary/aromatic N) is 2. The number of fused-ring (bicyclic) bond motifs is 1. The first kappa shape index (κ1) is 33.0. The highest BCUT2D eigenvalue weighted by Gasteiger charge is 2.36. The quantitative estimate of drug-likeness (QED) is 0.457. The zero-order valence-corrected chi connectivity index (χ0v) is 26.6. The summed E-state index contributed by atoms with van der Waals surface area (Å²) in [6.45, 7) is 1.29. The zero-order valence-electron chi connectivity index (χ0n) is 25.0. The van der Waals surface area contributed by atoms with E-state index in [1.165, 1.54) is 40.6 Å². The molecule has 4 amide bonds. The number of carbonyl (C=O) groups excluding carboxylic acids is 5. The summed E-state index contributed by atoms with van der Waals surface area (Å²) in [6, 6.07) is 8.38. The number of cyclic esters (lactones) is 1. The molecule has 2 aliphatic heterocycles. The van der Waals surface area contributed by atoms with Gasteiger partial charge in [-0.3, -0.25) is 19.2 Å². The van der Waals surface area contributed by atoms with E-state index in [9.17, 15) is 32.4 Å². The number of hydrogen-bond acceptors (Lipinski definition) is 9. The van der Waals surface area contributed by atoms with Crippen molar-refractivity contribution in [2.45, 2.75) is 48.5 Å². The Labute approximate surface area is 260 Å². The Bertz CT molecular complexity index is 1560. The van der Waals surface area contributed by atoms with Crippen LogP contribution >= 0.6 is 11.8 Å². The monoisotopic (exact) mass is 644 g/mol. The number of hydrogen-bond donors (Lipinski definition) is 2. The van der Waals surface area contributed by atoms with E-state index < -0.39 is 52.4 Å². The molecule has 44 heavy (non-hydrogen) atoms. The van der Waals surface area contributed by atoms with Gasteiger partial charge in [0.05, 0.1) is 10.5 Å². The highest BCUT2D eigenvalue weighted by molar-refractivity contribution is 7.98. The Hall–Kier alpha value is -3.91. The summed E-state index contributed by atoms with van der Waals surface area (Å²) >= 11 is 1.33. The predicted molar refractivity (Wildman–Crippen MR) is 164 cm³/mol. The zero-order chi connectivity index (χ0) is 32.2. The normalized spacial score (nSPS) is 21.2. The van der Waals surface area contributed by atoms with Crippen molar-refractivity contribution in [3.8, 4) is 11.1 Å². The lowest BCUT2D eigenvalue weighted by molar-refractivity contribution is -0.139. The fraction of sp³-hybridized carbons (Fsp3) is 0.433. The predicted octanol–water partition coefficient (Wildman–Crippen LogP) is 1.23. The van der Waals surface area contributed by atoms with Crippen LogP contribution in [0, 0.1) is 0 Å². The second-order valence-corrected chi connectivity index (χ2v) is 14.0. The van der Waals surface area contributed by atoms with Gasteiger partial charge in [-0.25, -0.2) is 13.2 Å². The van der Waals surface area contributed by atoms with Crippen LogP contribution in [0.25, 0.3) is 11.1 Å². The summed E-state index contributed by atoms with van der Waals surface area (Å²) in [4.78, 5) is 68.0. The Balaban J connectivity index is 1.68. The number of benzene rings is 2. The van der Waals surface area contributed by atoms with Crippen LogP contribution in [0.1, 0.15) is 35.7 Å². The van der Waals surface area contributed by atoms with Crippen LogP contribution in [0.15, 0.2) is 47.4 Å². The molecule has 2 aromatic carbocycles. The molecule has 14 heteroatoms. The molecule has 2 N–H and O–H groups in total. The van der Waals surface area contributed by atoms with Crippen LogP contribution < -0.4 is 10.6 Å². The Morgan fingerprint density at radius 1 is 1.07 bits per heavy atom. The van der Waals surface area contributed by atoms with Crippen molar-refractivity contribution in [3.05, 3.63) is 53.6 Å². The van der Waals surface area contributed by atoms with Gasteiger partial charge in [0, 0.05) is 45.3 Å². The van der Waals surface area contributed by atoms with Crippen molar-refractivity contribution in [1.29, 1.82) is 0 Å². The molecule has 0 aromatic heterocycles. The molecular weight excluding hydrogens is 608 g/mol. The number of esters is 1. The summed E-state index contributed by atoms with van der Waals surface area (Å²) in [5.74, 6) is -2.12. The van der Waals surface area contributed by atoms with Gasteiger partial charge in [-0.1, -0.05) is 24.3 Å². The third-order valence-corrected chi connectivity index (χ3v) is 9.74. The molecule has 0 bridgehead atoms. The lowest BCUT2D eigenvalue weighted by atomic mass is 9.96. The van der Waals surface area contributed by atoms with Gasteiger partial charge in [0.2, 0.25) is 23.6 Å². The van der Waals surface area contributed by atoms with E-state index in [1.54, 1.807) is 38.4 Å². The molecule has 1 fully saturated rings. The molecule has 4 rings (SSSR count). The standard InChI is InChI=1S/C30H36N4O8S2/c1-18(35)34-14-6-9-26(34)28(37)31-24-15-42-30(39)22-8-5-7-21(19-10-12-20(13-11-19)44(4,40)41)23(22)16-43-17-25(32-27(24)36)29(38)33(2)3/h5,7-8,10-13,24-26H,6,9,14-17H2,1-4H3,(H,31,37)(H,32,36)/t24-,25-,26+/m1/s1. The highest BCUT2D eigenvalue weighted by Crippen LogP contribution is 2.31. The number of sulfone groups is 1. The summed E-state index contributed by atoms with van der Waals surface area (Å²) < 4.78 is 29.5. The van der Waals surface area contributed by atoms with E-state index in [4.69, 9.17) is 4.74 Å². The number of thioether (sulfide) groups is 1. The smallest absolute Gasteiger partial charge is 0.338 e. The van der Waals surface area contributed by atoms with Crippen molar-refractivity contribution >= 4 is 51.2 Å². The number of ether oxygens (including phenoxy) is 1. The Kier molecular flexibility index (Phi) is 10.4. The molecule has 0 spiro atoms. The third kappa shape index (κ3) is 7.59. The van der Waals surface area contributed by atoms with Gasteiger partial charge >= 0.3 is 5.97 Å². The van der Waals surface area contributed by atoms with Crippen molar-refractivity contribution in [2.75, 3.05) is 39.3 Å². The van der Waals surface area contributed by atoms with E-state index in [2.05, 4.69) is 10.6 Å². The van der Waals surface area contributed by atoms with Crippen molar-refractivity contribution < 1.29 is 37.1 Å². The lowest BCUT2D eigenvalue weighted by Crippen LogP contribution is -2.58. The summed E-state index contributed by atoms with van der Waals surface area (Å²) in [5, 5.41) is 5.34. The van der Waals surface area contributed by atoms with Gasteiger partial charge < -0.3 is 25.2 Å². The second kappa shape index (κ2) is 13.8. The van der Waals surface area contributed by atoms with Gasteiger partial charge in [0.25, 0.3) is 0 Å². The van der Waals surface area contributed by atoms with E-state index in [0.717, 1.165) is 6.26 Å². The molecular formula is C30H36N4O8S2. The third-order valence-electron chi connectivity index (χ3n) is 7.55. The van der Waals surface area contributed by atoms with Crippen molar-refractivity contribution in [2.24, 2.45) is 0 Å². The minimum atomic E-state index is -3.41. The average Bonchev–Trinajstić information content (AvgIpc) is 3.48. The maximum absolute atomic E-state index is 13.4. The van der Waals surface area contributed by atoms with Crippen LogP contribution in [-0.2, 0) is 39.5 Å². The van der Waals surface area contributed by atoms with E-state index >= 15 is 0 Å². The number of amides is 4. The summed E-state index contributed by atoms with van der Waals surface area (Å²) in [7, 11) is -0.266. The minimum absolute atomic E-state index is 0.160. The molecule has 1 saturated heterocycles. The summed E-state index contributed by atoms with van der Waals surface area (Å²) in [6.07, 6.45) is 2.19. The van der Waals surface area contributed by atoms with Crippen LogP contribution in [0.4, 0.5) is 0 Å². The maximum atomic E-state index is 13.4. The first-order valence-electron chi connectivity index (χ1n) is 14.0. The second-order valence-electron chi connectivity index (χ2n) is 11.0. The fourth-order valence-electron chi connectivity index (χ4n) is 5.23. The molecule has 0 aliphatic carbocycles. The lowest BCUT2D eigenvalue weighted by Gasteiger charge is -2.28. The first-order chi connectivity index (χ1) is 20.8. The summed E-state index contributed by atoms with van der Waals surface area (Å²) in [5.41, 5.74) is 2.21. The molecule has 12 nitrogen and oxygen atoms in total. The van der Waals surface area contributed by atoms with E-state index in [0.29, 0.717) is 36.1 Å². The van der Waals surface area contributed by atoms with Gasteiger partial charge in [-0.15, -0.1) is 0 Å². The van der Waals surface area contributed by atoms with Crippen LogP contribution in [0.5, 0.6) is 0 Å². The van der Waals surface area contributed by atoms with Crippen LogP contribution in [0.2, 0.25) is 0 Å². The van der Waals surface area contributed by atoms with Crippen LogP contribution in [-0.4, -0.2) is 105 Å². The van der Waals surface area contributed by atoms with Crippen molar-refractivity contribution in [1.82, 2.24) is 20.4 Å². The number of rotatable bonds is 5. The molecule has 0 radical (unpaired) electrons. The number of likely N-dealkylation sites (N-methyl/N-ethyl adjacent to an activating group) is 1. The molecule has 2 aromatic rings. The van der Waals surface area contributed by atoms with Crippen molar-refractivity contribution in [3.63, 3.8) is 0 Å². The Morgan fingerprint density at radius 3 is 2.39 bits per heavy atom. The van der Waals surface area contributed by atoms with E-state index in [1.807, 2.05) is 6.07 Å². The highest BCUT2D eigenvalue weighted by atomic mass is 32.2. The SMILES string of the molecule is CC(=O)N1CCC[C@H]1C(=O)N[C@@H]1COC(=O)c2cccc(-c3ccc(S(C)(=O)=O)cc3)c2CSC[C@H](C(=O)N(C)C)NC1=O. The van der Waals surface area contributed by atoms with Gasteiger partial charge in [0.15, 0.2) is 9.84 Å². The number of nitrogens with one attached hydrogen (secondary N) is 2. The number of likely N-dealkylation sites (tertiary alicyclic amines) is 1. The largest absolute Gasteiger partial charge is 0.459 e. The van der Waals surface area contributed by atoms with Gasteiger partial charge in [0.1, 0.15) is 24.7 Å². The van der Waals surface area contributed by atoms with Gasteiger partial charge in [-0.05, 0) is 47.7 Å². The molecule has 0 saturated carbocycles. The van der Waals surface area contributed by atoms with E-state index in [-0.39, 0.29) is 33.8 Å². The fourth-order valence-corrected chi connectivity index (χ4v) is 6.95. The minimum Gasteiger partial charge on any atom is -0.459 e.